The third-order valence-corrected chi connectivity index (χ3v) is 9.98. The predicted molar refractivity (Wildman–Crippen MR) is 200 cm³/mol. The predicted octanol–water partition coefficient (Wildman–Crippen LogP) is 14.0. The van der Waals surface area contributed by atoms with Gasteiger partial charge in [-0.05, 0) is 49.0 Å². The number of ether oxygens (including phenoxy) is 1. The highest BCUT2D eigenvalue weighted by molar-refractivity contribution is 5.27. The third kappa shape index (κ3) is 15.3. The van der Waals surface area contributed by atoms with Crippen molar-refractivity contribution in [2.45, 2.75) is 180 Å². The molecule has 0 saturated carbocycles. The normalized spacial score (nSPS) is 14.1. The topological polar surface area (TPSA) is 9.23 Å². The number of rotatable bonds is 28. The zero-order valence-corrected chi connectivity index (χ0v) is 30.2. The van der Waals surface area contributed by atoms with E-state index in [1.165, 1.54) is 127 Å². The molecule has 0 aromatic heterocycles. The fourth-order valence-corrected chi connectivity index (χ4v) is 6.92. The van der Waals surface area contributed by atoms with Crippen molar-refractivity contribution in [2.75, 3.05) is 0 Å². The molecule has 2 aromatic rings. The van der Waals surface area contributed by atoms with E-state index in [0.29, 0.717) is 0 Å². The van der Waals surface area contributed by atoms with Crippen LogP contribution >= 0.6 is 0 Å². The van der Waals surface area contributed by atoms with Crippen LogP contribution in [0.15, 0.2) is 85.0 Å². The Balaban J connectivity index is 2.24. The van der Waals surface area contributed by atoms with Gasteiger partial charge < -0.3 is 4.74 Å². The van der Waals surface area contributed by atoms with Crippen LogP contribution in [0.25, 0.3) is 0 Å². The van der Waals surface area contributed by atoms with Gasteiger partial charge in [0.15, 0.2) is 0 Å². The molecule has 0 heterocycles. The van der Waals surface area contributed by atoms with Crippen LogP contribution in [0.3, 0.4) is 0 Å². The summed E-state index contributed by atoms with van der Waals surface area (Å²) in [7, 11) is 0. The summed E-state index contributed by atoms with van der Waals surface area (Å²) < 4.78 is 7.70. The van der Waals surface area contributed by atoms with Crippen molar-refractivity contribution in [3.63, 3.8) is 0 Å². The standard InChI is InChI=1S/C44H70O/c1-7-9-11-13-15-17-19-21-29-35-43(39(3)4,37-41-31-25-23-26-32-41)45-44(40(5)6,38-42-33-27-24-28-34-42)36-30-22-20-18-16-14-12-10-8-2/h23-28,31-34H,3,5,7-22,29-30,35-38H2,1-2,4,6H3. The molecular formula is C44H70O. The lowest BCUT2D eigenvalue weighted by Crippen LogP contribution is -2.49. The Kier molecular flexibility index (Phi) is 20.2. The van der Waals surface area contributed by atoms with E-state index in [1.54, 1.807) is 0 Å². The third-order valence-electron chi connectivity index (χ3n) is 9.98. The second-order valence-corrected chi connectivity index (χ2v) is 14.1. The first-order chi connectivity index (χ1) is 21.9. The molecule has 0 fully saturated rings. The smallest absolute Gasteiger partial charge is 0.0938 e. The van der Waals surface area contributed by atoms with Gasteiger partial charge in [0.05, 0.1) is 11.2 Å². The van der Waals surface area contributed by atoms with Crippen molar-refractivity contribution >= 4 is 0 Å². The molecule has 2 atom stereocenters. The van der Waals surface area contributed by atoms with Gasteiger partial charge in [-0.25, -0.2) is 0 Å². The molecule has 2 aromatic carbocycles. The SMILES string of the molecule is C=C(C)C(CCCCCCCCCCC)(Cc1ccccc1)OC(CCCCCCCCCCC)(Cc1ccccc1)C(=C)C. The molecule has 45 heavy (non-hydrogen) atoms. The minimum Gasteiger partial charge on any atom is -0.359 e. The van der Waals surface area contributed by atoms with Crippen molar-refractivity contribution in [1.82, 2.24) is 0 Å². The summed E-state index contributed by atoms with van der Waals surface area (Å²) in [6.07, 6.45) is 27.7. The van der Waals surface area contributed by atoms with Gasteiger partial charge in [0.25, 0.3) is 0 Å². The summed E-state index contributed by atoms with van der Waals surface area (Å²) in [5.74, 6) is 0. The average Bonchev–Trinajstić information content (AvgIpc) is 3.03. The Hall–Kier alpha value is -2.12. The van der Waals surface area contributed by atoms with Crippen molar-refractivity contribution in [3.8, 4) is 0 Å². The summed E-state index contributed by atoms with van der Waals surface area (Å²) in [6, 6.07) is 21.9. The number of benzene rings is 2. The van der Waals surface area contributed by atoms with Gasteiger partial charge in [-0.15, -0.1) is 0 Å². The van der Waals surface area contributed by atoms with E-state index < -0.39 is 11.2 Å². The second-order valence-electron chi connectivity index (χ2n) is 14.1. The minimum atomic E-state index is -0.421. The van der Waals surface area contributed by atoms with Gasteiger partial charge in [-0.1, -0.05) is 203 Å². The van der Waals surface area contributed by atoms with E-state index in [-0.39, 0.29) is 0 Å². The van der Waals surface area contributed by atoms with Crippen molar-refractivity contribution < 1.29 is 4.74 Å². The number of unbranched alkanes of at least 4 members (excludes halogenated alkanes) is 16. The fraction of sp³-hybridized carbons (Fsp3) is 0.636. The molecule has 0 amide bonds. The zero-order valence-electron chi connectivity index (χ0n) is 30.2. The molecule has 2 unspecified atom stereocenters. The maximum Gasteiger partial charge on any atom is 0.0938 e. The van der Waals surface area contributed by atoms with Crippen LogP contribution in [0.1, 0.15) is 167 Å². The maximum atomic E-state index is 7.70. The summed E-state index contributed by atoms with van der Waals surface area (Å²) in [5, 5.41) is 0. The first kappa shape index (κ1) is 39.1. The molecule has 0 bridgehead atoms. The van der Waals surface area contributed by atoms with Crippen LogP contribution in [0, 0.1) is 0 Å². The van der Waals surface area contributed by atoms with E-state index in [2.05, 4.69) is 102 Å². The van der Waals surface area contributed by atoms with E-state index in [0.717, 1.165) is 36.8 Å². The maximum absolute atomic E-state index is 7.70. The van der Waals surface area contributed by atoms with E-state index in [1.807, 2.05) is 0 Å². The highest BCUT2D eigenvalue weighted by Crippen LogP contribution is 2.42. The second kappa shape index (κ2) is 23.2. The van der Waals surface area contributed by atoms with Crippen LogP contribution in [-0.4, -0.2) is 11.2 Å². The van der Waals surface area contributed by atoms with E-state index >= 15 is 0 Å². The van der Waals surface area contributed by atoms with Crippen LogP contribution in [0.2, 0.25) is 0 Å². The van der Waals surface area contributed by atoms with E-state index in [4.69, 9.17) is 4.74 Å². The molecule has 0 spiro atoms. The van der Waals surface area contributed by atoms with Gasteiger partial charge in [0.2, 0.25) is 0 Å². The lowest BCUT2D eigenvalue weighted by atomic mass is 9.78. The Morgan fingerprint density at radius 2 is 0.756 bits per heavy atom. The molecule has 252 valence electrons. The number of hydrogen-bond donors (Lipinski definition) is 0. The molecule has 2 rings (SSSR count). The molecule has 0 saturated heterocycles. The van der Waals surface area contributed by atoms with Crippen LogP contribution < -0.4 is 0 Å². The molecule has 0 aliphatic heterocycles. The zero-order chi connectivity index (χ0) is 32.6. The highest BCUT2D eigenvalue weighted by atomic mass is 16.5. The lowest BCUT2D eigenvalue weighted by molar-refractivity contribution is -0.128. The summed E-state index contributed by atoms with van der Waals surface area (Å²) in [5.41, 5.74) is 4.11. The molecule has 0 N–H and O–H groups in total. The van der Waals surface area contributed by atoms with Gasteiger partial charge in [0, 0.05) is 12.8 Å². The van der Waals surface area contributed by atoms with Gasteiger partial charge >= 0.3 is 0 Å². The molecule has 1 heteroatoms. The van der Waals surface area contributed by atoms with Crippen molar-refractivity contribution in [1.29, 1.82) is 0 Å². The monoisotopic (exact) mass is 615 g/mol. The molecule has 0 aliphatic rings. The van der Waals surface area contributed by atoms with E-state index in [9.17, 15) is 0 Å². The van der Waals surface area contributed by atoms with Crippen LogP contribution in [-0.2, 0) is 17.6 Å². The highest BCUT2D eigenvalue weighted by Gasteiger charge is 2.43. The Morgan fingerprint density at radius 3 is 1.04 bits per heavy atom. The summed E-state index contributed by atoms with van der Waals surface area (Å²) >= 11 is 0. The number of hydrogen-bond acceptors (Lipinski definition) is 1. The van der Waals surface area contributed by atoms with Gasteiger partial charge in [-0.3, -0.25) is 0 Å². The Labute approximate surface area is 280 Å². The van der Waals surface area contributed by atoms with Gasteiger partial charge in [-0.2, -0.15) is 0 Å². The van der Waals surface area contributed by atoms with Crippen molar-refractivity contribution in [3.05, 3.63) is 96.1 Å². The Morgan fingerprint density at radius 1 is 0.467 bits per heavy atom. The summed E-state index contributed by atoms with van der Waals surface area (Å²) in [4.78, 5) is 0. The Bertz CT molecular complexity index is 940. The molecule has 1 nitrogen and oxygen atoms in total. The van der Waals surface area contributed by atoms with Crippen LogP contribution in [0.4, 0.5) is 0 Å². The average molecular weight is 615 g/mol. The fourth-order valence-electron chi connectivity index (χ4n) is 6.92. The van der Waals surface area contributed by atoms with Gasteiger partial charge in [0.1, 0.15) is 0 Å². The largest absolute Gasteiger partial charge is 0.359 e. The molecule has 0 aliphatic carbocycles. The first-order valence-corrected chi connectivity index (χ1v) is 19.0. The lowest BCUT2D eigenvalue weighted by Gasteiger charge is -2.46. The minimum absolute atomic E-state index is 0.421. The first-order valence-electron chi connectivity index (χ1n) is 19.0. The summed E-state index contributed by atoms with van der Waals surface area (Å²) in [6.45, 7) is 18.3. The molecular weight excluding hydrogens is 544 g/mol. The quantitative estimate of drug-likeness (QED) is 0.0684. The van der Waals surface area contributed by atoms with Crippen molar-refractivity contribution in [2.24, 2.45) is 0 Å². The molecule has 0 radical (unpaired) electrons. The van der Waals surface area contributed by atoms with Crippen LogP contribution in [0.5, 0.6) is 0 Å².